The summed E-state index contributed by atoms with van der Waals surface area (Å²) < 4.78 is 11.0. The monoisotopic (exact) mass is 262 g/mol. The number of nitrogens with zero attached hydrogens (tertiary/aromatic N) is 1. The molecule has 0 saturated heterocycles. The maximum Gasteiger partial charge on any atom is 0.184 e. The van der Waals surface area contributed by atoms with Crippen LogP contribution in [0.15, 0.2) is 18.2 Å². The fourth-order valence-electron chi connectivity index (χ4n) is 1.87. The predicted octanol–water partition coefficient (Wildman–Crippen LogP) is 3.05. The Morgan fingerprint density at radius 1 is 1.37 bits per heavy atom. The zero-order valence-electron chi connectivity index (χ0n) is 12.1. The van der Waals surface area contributed by atoms with E-state index in [1.54, 1.807) is 7.11 Å². The van der Waals surface area contributed by atoms with Crippen LogP contribution in [0.25, 0.3) is 0 Å². The molecule has 0 spiro atoms. The maximum absolute atomic E-state index is 9.02. The van der Waals surface area contributed by atoms with E-state index in [1.807, 2.05) is 25.1 Å². The van der Waals surface area contributed by atoms with Gasteiger partial charge in [0.1, 0.15) is 17.6 Å². The molecule has 0 aliphatic carbocycles. The lowest BCUT2D eigenvalue weighted by Gasteiger charge is -2.20. The van der Waals surface area contributed by atoms with E-state index in [9.17, 15) is 0 Å². The van der Waals surface area contributed by atoms with Crippen molar-refractivity contribution in [2.24, 2.45) is 0 Å². The topological polar surface area (TPSA) is 54.3 Å². The van der Waals surface area contributed by atoms with Crippen molar-refractivity contribution < 1.29 is 9.47 Å². The SMILES string of the molecule is CCNC(C)c1ccc(OC)cc1OC(C#N)CC. The van der Waals surface area contributed by atoms with E-state index in [0.717, 1.165) is 17.9 Å². The van der Waals surface area contributed by atoms with E-state index in [2.05, 4.69) is 25.2 Å². The average Bonchev–Trinajstić information content (AvgIpc) is 2.44. The molecular weight excluding hydrogens is 240 g/mol. The first-order valence-corrected chi connectivity index (χ1v) is 6.63. The molecular formula is C15H22N2O2. The third-order valence-electron chi connectivity index (χ3n) is 2.98. The average molecular weight is 262 g/mol. The molecule has 1 aromatic carbocycles. The quantitative estimate of drug-likeness (QED) is 0.820. The highest BCUT2D eigenvalue weighted by molar-refractivity contribution is 5.42. The van der Waals surface area contributed by atoms with Gasteiger partial charge in [0.15, 0.2) is 6.10 Å². The minimum atomic E-state index is -0.431. The second-order valence-electron chi connectivity index (χ2n) is 4.33. The zero-order valence-corrected chi connectivity index (χ0v) is 12.1. The van der Waals surface area contributed by atoms with Gasteiger partial charge in [-0.05, 0) is 26.0 Å². The molecule has 0 radical (unpaired) electrons. The van der Waals surface area contributed by atoms with E-state index in [1.165, 1.54) is 0 Å². The molecule has 0 heterocycles. The molecule has 0 fully saturated rings. The molecule has 4 nitrogen and oxygen atoms in total. The third kappa shape index (κ3) is 4.15. The van der Waals surface area contributed by atoms with Crippen molar-refractivity contribution in [3.63, 3.8) is 0 Å². The summed E-state index contributed by atoms with van der Waals surface area (Å²) in [4.78, 5) is 0. The van der Waals surface area contributed by atoms with Crippen molar-refractivity contribution in [2.45, 2.75) is 39.3 Å². The van der Waals surface area contributed by atoms with Crippen molar-refractivity contribution in [1.29, 1.82) is 5.26 Å². The number of hydrogen-bond donors (Lipinski definition) is 1. The summed E-state index contributed by atoms with van der Waals surface area (Å²) in [5.41, 5.74) is 1.04. The summed E-state index contributed by atoms with van der Waals surface area (Å²) in [5.74, 6) is 1.44. The molecule has 0 saturated carbocycles. The molecule has 0 amide bonds. The molecule has 0 aliphatic rings. The van der Waals surface area contributed by atoms with Crippen LogP contribution in [-0.4, -0.2) is 19.8 Å². The Morgan fingerprint density at radius 3 is 2.63 bits per heavy atom. The molecule has 2 unspecified atom stereocenters. The lowest BCUT2D eigenvalue weighted by Crippen LogP contribution is -2.20. The van der Waals surface area contributed by atoms with Crippen molar-refractivity contribution in [2.75, 3.05) is 13.7 Å². The highest BCUT2D eigenvalue weighted by Gasteiger charge is 2.15. The molecule has 2 atom stereocenters. The Bertz CT molecular complexity index is 440. The molecule has 104 valence electrons. The van der Waals surface area contributed by atoms with Crippen LogP contribution in [-0.2, 0) is 0 Å². The number of ether oxygens (including phenoxy) is 2. The van der Waals surface area contributed by atoms with Crippen molar-refractivity contribution >= 4 is 0 Å². The van der Waals surface area contributed by atoms with Gasteiger partial charge in [0.05, 0.1) is 7.11 Å². The van der Waals surface area contributed by atoms with Crippen LogP contribution in [0, 0.1) is 11.3 Å². The largest absolute Gasteiger partial charge is 0.497 e. The first kappa shape index (κ1) is 15.3. The summed E-state index contributed by atoms with van der Waals surface area (Å²) in [6, 6.07) is 8.04. The van der Waals surface area contributed by atoms with Crippen molar-refractivity contribution in [1.82, 2.24) is 5.32 Å². The van der Waals surface area contributed by atoms with Crippen LogP contribution in [0.4, 0.5) is 0 Å². The van der Waals surface area contributed by atoms with Crippen LogP contribution in [0.3, 0.4) is 0 Å². The number of benzene rings is 1. The highest BCUT2D eigenvalue weighted by atomic mass is 16.5. The van der Waals surface area contributed by atoms with Gasteiger partial charge in [0.25, 0.3) is 0 Å². The normalized spacial score (nSPS) is 13.4. The van der Waals surface area contributed by atoms with Crippen LogP contribution in [0.2, 0.25) is 0 Å². The van der Waals surface area contributed by atoms with Crippen LogP contribution in [0.1, 0.15) is 38.8 Å². The van der Waals surface area contributed by atoms with Gasteiger partial charge in [-0.2, -0.15) is 5.26 Å². The van der Waals surface area contributed by atoms with Gasteiger partial charge in [-0.25, -0.2) is 0 Å². The Hall–Kier alpha value is -1.73. The number of nitriles is 1. The molecule has 0 aliphatic heterocycles. The zero-order chi connectivity index (χ0) is 14.3. The summed E-state index contributed by atoms with van der Waals surface area (Å²) >= 11 is 0. The molecule has 4 heteroatoms. The first-order chi connectivity index (χ1) is 9.15. The van der Waals surface area contributed by atoms with E-state index in [4.69, 9.17) is 14.7 Å². The number of rotatable bonds is 7. The van der Waals surface area contributed by atoms with Crippen LogP contribution in [0.5, 0.6) is 11.5 Å². The van der Waals surface area contributed by atoms with Crippen LogP contribution >= 0.6 is 0 Å². The van der Waals surface area contributed by atoms with Crippen molar-refractivity contribution in [3.8, 4) is 17.6 Å². The van der Waals surface area contributed by atoms with E-state index < -0.39 is 6.10 Å². The lowest BCUT2D eigenvalue weighted by atomic mass is 10.1. The Labute approximate surface area is 115 Å². The van der Waals surface area contributed by atoms with Gasteiger partial charge in [-0.15, -0.1) is 0 Å². The minimum Gasteiger partial charge on any atom is -0.497 e. The Balaban J connectivity index is 3.05. The van der Waals surface area contributed by atoms with Crippen LogP contribution < -0.4 is 14.8 Å². The summed E-state index contributed by atoms with van der Waals surface area (Å²) in [7, 11) is 1.62. The smallest absolute Gasteiger partial charge is 0.184 e. The first-order valence-electron chi connectivity index (χ1n) is 6.63. The molecule has 0 bridgehead atoms. The van der Waals surface area contributed by atoms with E-state index >= 15 is 0 Å². The molecule has 1 rings (SSSR count). The summed E-state index contributed by atoms with van der Waals surface area (Å²) in [6.45, 7) is 6.94. The van der Waals surface area contributed by atoms with Gasteiger partial charge >= 0.3 is 0 Å². The minimum absolute atomic E-state index is 0.169. The molecule has 0 aromatic heterocycles. The van der Waals surface area contributed by atoms with Gasteiger partial charge in [-0.1, -0.05) is 19.9 Å². The summed E-state index contributed by atoms with van der Waals surface area (Å²) in [5, 5.41) is 12.4. The molecule has 1 aromatic rings. The fraction of sp³-hybridized carbons (Fsp3) is 0.533. The number of methoxy groups -OCH3 is 1. The standard InChI is InChI=1S/C15H22N2O2/c1-5-12(10-16)19-15-9-13(18-4)7-8-14(15)11(3)17-6-2/h7-9,11-12,17H,5-6H2,1-4H3. The van der Waals surface area contributed by atoms with E-state index in [0.29, 0.717) is 12.2 Å². The van der Waals surface area contributed by atoms with Gasteiger partial charge in [0.2, 0.25) is 0 Å². The van der Waals surface area contributed by atoms with Gasteiger partial charge < -0.3 is 14.8 Å². The predicted molar refractivity (Wildman–Crippen MR) is 75.4 cm³/mol. The second-order valence-corrected chi connectivity index (χ2v) is 4.33. The number of nitrogens with one attached hydrogen (secondary N) is 1. The van der Waals surface area contributed by atoms with E-state index in [-0.39, 0.29) is 6.04 Å². The second kappa shape index (κ2) is 7.65. The Kier molecular flexibility index (Phi) is 6.17. The third-order valence-corrected chi connectivity index (χ3v) is 2.98. The molecule has 1 N–H and O–H groups in total. The summed E-state index contributed by atoms with van der Waals surface area (Å²) in [6.07, 6.45) is 0.225. The Morgan fingerprint density at radius 2 is 2.11 bits per heavy atom. The maximum atomic E-state index is 9.02. The number of hydrogen-bond acceptors (Lipinski definition) is 4. The van der Waals surface area contributed by atoms with Gasteiger partial charge in [-0.3, -0.25) is 0 Å². The molecule has 19 heavy (non-hydrogen) atoms. The highest BCUT2D eigenvalue weighted by Crippen LogP contribution is 2.30. The fourth-order valence-corrected chi connectivity index (χ4v) is 1.87. The lowest BCUT2D eigenvalue weighted by molar-refractivity contribution is 0.246. The van der Waals surface area contributed by atoms with Gasteiger partial charge in [0, 0.05) is 17.7 Å². The van der Waals surface area contributed by atoms with Crippen molar-refractivity contribution in [3.05, 3.63) is 23.8 Å².